The van der Waals surface area contributed by atoms with Crippen LogP contribution in [0.1, 0.15) is 24.4 Å². The molecule has 1 atom stereocenters. The molecule has 0 bridgehead atoms. The van der Waals surface area contributed by atoms with E-state index in [4.69, 9.17) is 16.3 Å². The van der Waals surface area contributed by atoms with Gasteiger partial charge in [0, 0.05) is 12.4 Å². The average molecular weight is 239 g/mol. The van der Waals surface area contributed by atoms with Crippen LogP contribution >= 0.6 is 11.6 Å². The minimum Gasteiger partial charge on any atom is -0.501 e. The summed E-state index contributed by atoms with van der Waals surface area (Å²) in [7, 11) is 1.93. The molecular weight excluding hydrogens is 224 g/mol. The number of hydrogen-bond donors (Lipinski definition) is 1. The van der Waals surface area contributed by atoms with Gasteiger partial charge in [0.05, 0.1) is 23.9 Å². The van der Waals surface area contributed by atoms with Crippen LogP contribution in [0, 0.1) is 0 Å². The molecule has 0 saturated carbocycles. The summed E-state index contributed by atoms with van der Waals surface area (Å²) < 4.78 is 5.37. The van der Waals surface area contributed by atoms with Crippen LogP contribution in [0.2, 0.25) is 5.02 Å². The van der Waals surface area contributed by atoms with E-state index in [0.29, 0.717) is 5.02 Å². The van der Waals surface area contributed by atoms with Crippen molar-refractivity contribution in [2.45, 2.75) is 18.9 Å². The van der Waals surface area contributed by atoms with Gasteiger partial charge in [0.2, 0.25) is 0 Å². The van der Waals surface area contributed by atoms with Crippen molar-refractivity contribution in [3.63, 3.8) is 0 Å². The van der Waals surface area contributed by atoms with Crippen molar-refractivity contribution in [2.75, 3.05) is 13.7 Å². The second-order valence-corrected chi connectivity index (χ2v) is 4.19. The lowest BCUT2D eigenvalue weighted by Gasteiger charge is -2.23. The summed E-state index contributed by atoms with van der Waals surface area (Å²) in [4.78, 5) is 4.00. The van der Waals surface area contributed by atoms with Crippen molar-refractivity contribution in [3.05, 3.63) is 40.9 Å². The Kier molecular flexibility index (Phi) is 3.80. The average Bonchev–Trinajstić information content (AvgIpc) is 2.34. The van der Waals surface area contributed by atoms with E-state index in [1.807, 2.05) is 19.4 Å². The molecule has 16 heavy (non-hydrogen) atoms. The number of pyridine rings is 1. The standard InChI is InChI=1S/C12H15ClN2O/c1-14-12(9-3-2-6-16-8-9)10-4-5-15-7-11(10)13/h4-5,7-8,12,14H,2-3,6H2,1H3. The summed E-state index contributed by atoms with van der Waals surface area (Å²) in [5.74, 6) is 0. The lowest BCUT2D eigenvalue weighted by molar-refractivity contribution is 0.220. The predicted octanol–water partition coefficient (Wildman–Crippen LogP) is 2.69. The van der Waals surface area contributed by atoms with Crippen molar-refractivity contribution in [1.82, 2.24) is 10.3 Å². The first-order valence-electron chi connectivity index (χ1n) is 5.40. The van der Waals surface area contributed by atoms with Crippen LogP contribution in [0.25, 0.3) is 0 Å². The van der Waals surface area contributed by atoms with E-state index in [9.17, 15) is 0 Å². The molecule has 4 heteroatoms. The van der Waals surface area contributed by atoms with Gasteiger partial charge >= 0.3 is 0 Å². The highest BCUT2D eigenvalue weighted by Crippen LogP contribution is 2.30. The van der Waals surface area contributed by atoms with Gasteiger partial charge in [0.25, 0.3) is 0 Å². The molecule has 0 aromatic carbocycles. The van der Waals surface area contributed by atoms with Crippen molar-refractivity contribution in [2.24, 2.45) is 0 Å². The zero-order chi connectivity index (χ0) is 11.4. The fourth-order valence-corrected chi connectivity index (χ4v) is 2.19. The van der Waals surface area contributed by atoms with Crippen molar-refractivity contribution in [1.29, 1.82) is 0 Å². The van der Waals surface area contributed by atoms with E-state index in [2.05, 4.69) is 10.3 Å². The molecule has 0 fully saturated rings. The SMILES string of the molecule is CNC(C1=COCCC1)c1ccncc1Cl. The number of nitrogens with zero attached hydrogens (tertiary/aromatic N) is 1. The number of rotatable bonds is 3. The molecule has 1 aromatic rings. The highest BCUT2D eigenvalue weighted by Gasteiger charge is 2.19. The minimum absolute atomic E-state index is 0.121. The summed E-state index contributed by atoms with van der Waals surface area (Å²) >= 11 is 6.15. The monoisotopic (exact) mass is 238 g/mol. The predicted molar refractivity (Wildman–Crippen MR) is 64.3 cm³/mol. The fraction of sp³-hybridized carbons (Fsp3) is 0.417. The Balaban J connectivity index is 2.28. The largest absolute Gasteiger partial charge is 0.501 e. The van der Waals surface area contributed by atoms with Crippen LogP contribution in [0.5, 0.6) is 0 Å². The highest BCUT2D eigenvalue weighted by atomic mass is 35.5. The molecule has 86 valence electrons. The molecule has 1 aliphatic rings. The molecule has 2 rings (SSSR count). The van der Waals surface area contributed by atoms with E-state index in [1.165, 1.54) is 5.57 Å². The van der Waals surface area contributed by atoms with E-state index < -0.39 is 0 Å². The van der Waals surface area contributed by atoms with Crippen molar-refractivity contribution < 1.29 is 4.74 Å². The summed E-state index contributed by atoms with van der Waals surface area (Å²) in [5.41, 5.74) is 2.29. The van der Waals surface area contributed by atoms with E-state index in [1.54, 1.807) is 12.4 Å². The lowest BCUT2D eigenvalue weighted by atomic mass is 9.96. The van der Waals surface area contributed by atoms with E-state index in [0.717, 1.165) is 25.0 Å². The fourth-order valence-electron chi connectivity index (χ4n) is 1.96. The smallest absolute Gasteiger partial charge is 0.0876 e. The molecule has 0 saturated heterocycles. The quantitative estimate of drug-likeness (QED) is 0.879. The number of halogens is 1. The van der Waals surface area contributed by atoms with Crippen molar-refractivity contribution in [3.8, 4) is 0 Å². The Hall–Kier alpha value is -1.06. The Morgan fingerprint density at radius 3 is 3.06 bits per heavy atom. The molecule has 1 aromatic heterocycles. The number of hydrogen-bond acceptors (Lipinski definition) is 3. The normalized spacial score (nSPS) is 17.5. The van der Waals surface area contributed by atoms with Gasteiger partial charge in [-0.25, -0.2) is 0 Å². The van der Waals surface area contributed by atoms with E-state index in [-0.39, 0.29) is 6.04 Å². The molecule has 1 unspecified atom stereocenters. The first-order chi connectivity index (χ1) is 7.83. The van der Waals surface area contributed by atoms with Crippen LogP contribution in [-0.2, 0) is 4.74 Å². The van der Waals surface area contributed by atoms with Gasteiger partial charge in [-0.15, -0.1) is 0 Å². The zero-order valence-electron chi connectivity index (χ0n) is 9.24. The number of nitrogens with one attached hydrogen (secondary N) is 1. The Bertz CT molecular complexity index is 392. The minimum atomic E-state index is 0.121. The highest BCUT2D eigenvalue weighted by molar-refractivity contribution is 6.31. The van der Waals surface area contributed by atoms with Gasteiger partial charge in [-0.1, -0.05) is 11.6 Å². The molecule has 1 N–H and O–H groups in total. The van der Waals surface area contributed by atoms with Crippen LogP contribution in [0.15, 0.2) is 30.3 Å². The maximum atomic E-state index is 6.15. The Labute approximate surface area is 100 Å². The van der Waals surface area contributed by atoms with Gasteiger partial charge in [0.1, 0.15) is 0 Å². The Morgan fingerprint density at radius 2 is 2.44 bits per heavy atom. The summed E-state index contributed by atoms with van der Waals surface area (Å²) in [6, 6.07) is 2.06. The molecule has 2 heterocycles. The molecular formula is C12H15ClN2O. The maximum absolute atomic E-state index is 6.15. The summed E-state index contributed by atoms with van der Waals surface area (Å²) in [6.07, 6.45) is 7.39. The van der Waals surface area contributed by atoms with Gasteiger partial charge in [-0.2, -0.15) is 0 Å². The van der Waals surface area contributed by atoms with Crippen LogP contribution in [-0.4, -0.2) is 18.6 Å². The molecule has 0 radical (unpaired) electrons. The molecule has 3 nitrogen and oxygen atoms in total. The van der Waals surface area contributed by atoms with Gasteiger partial charge in [0.15, 0.2) is 0 Å². The summed E-state index contributed by atoms with van der Waals surface area (Å²) in [6.45, 7) is 0.810. The van der Waals surface area contributed by atoms with Gasteiger partial charge in [-0.05, 0) is 37.1 Å². The third kappa shape index (κ3) is 2.36. The third-order valence-corrected chi connectivity index (χ3v) is 3.05. The first-order valence-corrected chi connectivity index (χ1v) is 5.78. The lowest BCUT2D eigenvalue weighted by Crippen LogP contribution is -2.21. The van der Waals surface area contributed by atoms with Crippen molar-refractivity contribution >= 4 is 11.6 Å². The number of likely N-dealkylation sites (N-methyl/N-ethyl adjacent to an activating group) is 1. The van der Waals surface area contributed by atoms with Crippen LogP contribution < -0.4 is 5.32 Å². The number of ether oxygens (including phenoxy) is 1. The molecule has 0 aliphatic carbocycles. The summed E-state index contributed by atoms with van der Waals surface area (Å²) in [5, 5.41) is 3.96. The van der Waals surface area contributed by atoms with Crippen LogP contribution in [0.3, 0.4) is 0 Å². The molecule has 0 spiro atoms. The van der Waals surface area contributed by atoms with E-state index >= 15 is 0 Å². The van der Waals surface area contributed by atoms with Gasteiger partial charge in [-0.3, -0.25) is 4.98 Å². The topological polar surface area (TPSA) is 34.1 Å². The molecule has 0 amide bonds. The first kappa shape index (κ1) is 11.4. The number of aromatic nitrogens is 1. The second kappa shape index (κ2) is 5.32. The second-order valence-electron chi connectivity index (χ2n) is 3.79. The zero-order valence-corrected chi connectivity index (χ0v) is 10.00. The van der Waals surface area contributed by atoms with Crippen LogP contribution in [0.4, 0.5) is 0 Å². The molecule has 1 aliphatic heterocycles. The Morgan fingerprint density at radius 1 is 1.56 bits per heavy atom. The third-order valence-electron chi connectivity index (χ3n) is 2.74. The van der Waals surface area contributed by atoms with Gasteiger partial charge < -0.3 is 10.1 Å². The maximum Gasteiger partial charge on any atom is 0.0876 e.